The molecule has 1 saturated heterocycles. The van der Waals surface area contributed by atoms with E-state index in [-0.39, 0.29) is 36.5 Å². The highest BCUT2D eigenvalue weighted by atomic mass is 32.2. The molecule has 1 N–H and O–H groups in total. The third-order valence-corrected chi connectivity index (χ3v) is 7.85. The van der Waals surface area contributed by atoms with E-state index in [1.807, 2.05) is 4.90 Å². The molecule has 2 aliphatic rings. The summed E-state index contributed by atoms with van der Waals surface area (Å²) < 4.78 is 65.4. The lowest BCUT2D eigenvalue weighted by Crippen LogP contribution is -2.52. The lowest BCUT2D eigenvalue weighted by molar-refractivity contribution is -0.137. The highest BCUT2D eigenvalue weighted by molar-refractivity contribution is 7.89. The van der Waals surface area contributed by atoms with Gasteiger partial charge in [-0.25, -0.2) is 8.42 Å². The number of nitrogens with zero attached hydrogens (tertiary/aromatic N) is 2. The number of halogens is 3. The predicted octanol–water partition coefficient (Wildman–Crippen LogP) is 2.71. The minimum absolute atomic E-state index is 0.0667. The average Bonchev–Trinajstić information content (AvgIpc) is 2.69. The zero-order valence-corrected chi connectivity index (χ0v) is 17.8. The Morgan fingerprint density at radius 2 is 1.80 bits per heavy atom. The summed E-state index contributed by atoms with van der Waals surface area (Å²) in [4.78, 5) is 13.9. The quantitative estimate of drug-likeness (QED) is 0.754. The summed E-state index contributed by atoms with van der Waals surface area (Å²) in [5.41, 5.74) is -0.990. The number of sulfonamides is 1. The van der Waals surface area contributed by atoms with Crippen LogP contribution in [0.25, 0.3) is 0 Å². The fraction of sp³-hybridized carbons (Fsp3) is 0.650. The smallest absolute Gasteiger partial charge is 0.352 e. The number of amides is 1. The van der Waals surface area contributed by atoms with Crippen LogP contribution in [0.5, 0.6) is 0 Å². The highest BCUT2D eigenvalue weighted by Gasteiger charge is 2.34. The van der Waals surface area contributed by atoms with E-state index in [1.165, 1.54) is 16.8 Å². The minimum atomic E-state index is -4.60. The fourth-order valence-electron chi connectivity index (χ4n) is 4.10. The van der Waals surface area contributed by atoms with Gasteiger partial charge in [0, 0.05) is 32.2 Å². The summed E-state index contributed by atoms with van der Waals surface area (Å²) in [6, 6.07) is 3.98. The SMILES string of the molecule is C[C@@H]1CCCC[C@@H]1NC(=O)CN1CCN(S(=O)(=O)c2cccc(C(F)(F)F)c2)CC1. The van der Waals surface area contributed by atoms with E-state index in [0.29, 0.717) is 25.1 Å². The highest BCUT2D eigenvalue weighted by Crippen LogP contribution is 2.31. The van der Waals surface area contributed by atoms with Gasteiger partial charge in [-0.05, 0) is 37.0 Å². The lowest BCUT2D eigenvalue weighted by Gasteiger charge is -2.34. The van der Waals surface area contributed by atoms with Crippen molar-refractivity contribution in [1.29, 1.82) is 0 Å². The van der Waals surface area contributed by atoms with Crippen molar-refractivity contribution in [2.45, 2.75) is 49.7 Å². The molecule has 1 aliphatic heterocycles. The molecule has 0 unspecified atom stereocenters. The van der Waals surface area contributed by atoms with E-state index in [2.05, 4.69) is 12.2 Å². The van der Waals surface area contributed by atoms with Crippen LogP contribution in [0.3, 0.4) is 0 Å². The standard InChI is InChI=1S/C20H28F3N3O3S/c1-15-5-2-3-8-18(15)24-19(27)14-25-9-11-26(12-10-25)30(28,29)17-7-4-6-16(13-17)20(21,22)23/h4,6-7,13,15,18H,2-3,5,8-12,14H2,1H3,(H,24,27)/t15-,18+/m1/s1. The van der Waals surface area contributed by atoms with Crippen molar-refractivity contribution in [3.05, 3.63) is 29.8 Å². The molecule has 30 heavy (non-hydrogen) atoms. The second kappa shape index (κ2) is 9.23. The molecule has 168 valence electrons. The molecule has 6 nitrogen and oxygen atoms in total. The molecule has 1 saturated carbocycles. The van der Waals surface area contributed by atoms with Gasteiger partial charge in [-0.15, -0.1) is 0 Å². The van der Waals surface area contributed by atoms with Crippen LogP contribution in [0.2, 0.25) is 0 Å². The first-order valence-corrected chi connectivity index (χ1v) is 11.7. The molecule has 2 atom stereocenters. The molecule has 0 bridgehead atoms. The number of rotatable bonds is 5. The Kier molecular flexibility index (Phi) is 7.09. The molecular formula is C20H28F3N3O3S. The van der Waals surface area contributed by atoms with Crippen molar-refractivity contribution >= 4 is 15.9 Å². The average molecular weight is 448 g/mol. The number of nitrogens with one attached hydrogen (secondary N) is 1. The van der Waals surface area contributed by atoms with E-state index >= 15 is 0 Å². The van der Waals surface area contributed by atoms with Crippen molar-refractivity contribution in [3.63, 3.8) is 0 Å². The minimum Gasteiger partial charge on any atom is -0.352 e. The first-order chi connectivity index (χ1) is 14.1. The molecule has 1 aliphatic carbocycles. The van der Waals surface area contributed by atoms with Gasteiger partial charge in [0.05, 0.1) is 17.0 Å². The van der Waals surface area contributed by atoms with E-state index in [4.69, 9.17) is 0 Å². The maximum atomic E-state index is 12.9. The van der Waals surface area contributed by atoms with E-state index < -0.39 is 21.8 Å². The van der Waals surface area contributed by atoms with Gasteiger partial charge in [0.15, 0.2) is 0 Å². The Hall–Kier alpha value is -1.65. The van der Waals surface area contributed by atoms with Crippen molar-refractivity contribution in [2.75, 3.05) is 32.7 Å². The Bertz CT molecular complexity index is 852. The maximum Gasteiger partial charge on any atom is 0.416 e. The monoisotopic (exact) mass is 447 g/mol. The van der Waals surface area contributed by atoms with Crippen molar-refractivity contribution in [1.82, 2.24) is 14.5 Å². The molecule has 1 heterocycles. The van der Waals surface area contributed by atoms with E-state index in [9.17, 15) is 26.4 Å². The number of piperazine rings is 1. The van der Waals surface area contributed by atoms with Gasteiger partial charge in [-0.3, -0.25) is 9.69 Å². The molecule has 1 aromatic carbocycles. The summed E-state index contributed by atoms with van der Waals surface area (Å²) in [7, 11) is -4.02. The zero-order valence-electron chi connectivity index (χ0n) is 17.0. The van der Waals surface area contributed by atoms with Gasteiger partial charge < -0.3 is 5.32 Å². The third-order valence-electron chi connectivity index (χ3n) is 5.96. The number of carbonyl (C=O) groups is 1. The molecule has 1 aromatic rings. The van der Waals surface area contributed by atoms with Gasteiger partial charge in [0.2, 0.25) is 15.9 Å². The molecular weight excluding hydrogens is 419 g/mol. The van der Waals surface area contributed by atoms with Crippen LogP contribution in [0.15, 0.2) is 29.2 Å². The number of benzene rings is 1. The van der Waals surface area contributed by atoms with Crippen molar-refractivity contribution in [2.24, 2.45) is 5.92 Å². The Balaban J connectivity index is 1.55. The van der Waals surface area contributed by atoms with Gasteiger partial charge in [-0.2, -0.15) is 17.5 Å². The first kappa shape index (κ1) is 23.0. The maximum absolute atomic E-state index is 12.9. The third kappa shape index (κ3) is 5.53. The Labute approximate surface area is 175 Å². The van der Waals surface area contributed by atoms with Crippen LogP contribution in [0.4, 0.5) is 13.2 Å². The second-order valence-corrected chi connectivity index (χ2v) is 10.1. The molecule has 1 amide bonds. The van der Waals surface area contributed by atoms with Crippen LogP contribution in [-0.2, 0) is 21.0 Å². The van der Waals surface area contributed by atoms with Crippen molar-refractivity contribution < 1.29 is 26.4 Å². The van der Waals surface area contributed by atoms with Crippen LogP contribution < -0.4 is 5.32 Å². The van der Waals surface area contributed by atoms with Crippen LogP contribution in [-0.4, -0.2) is 62.3 Å². The zero-order chi connectivity index (χ0) is 21.9. The van der Waals surface area contributed by atoms with Gasteiger partial charge in [-0.1, -0.05) is 25.8 Å². The largest absolute Gasteiger partial charge is 0.416 e. The normalized spacial score (nSPS) is 24.5. The van der Waals surface area contributed by atoms with Crippen LogP contribution in [0.1, 0.15) is 38.2 Å². The lowest BCUT2D eigenvalue weighted by atomic mass is 9.86. The molecule has 10 heteroatoms. The Morgan fingerprint density at radius 3 is 2.43 bits per heavy atom. The second-order valence-electron chi connectivity index (χ2n) is 8.14. The van der Waals surface area contributed by atoms with E-state index in [0.717, 1.165) is 31.4 Å². The molecule has 2 fully saturated rings. The van der Waals surface area contributed by atoms with Gasteiger partial charge in [0.1, 0.15) is 0 Å². The summed E-state index contributed by atoms with van der Waals surface area (Å²) in [5, 5.41) is 3.08. The number of hydrogen-bond acceptors (Lipinski definition) is 4. The van der Waals surface area contributed by atoms with Crippen LogP contribution >= 0.6 is 0 Å². The summed E-state index contributed by atoms with van der Waals surface area (Å²) in [5.74, 6) is 0.389. The van der Waals surface area contributed by atoms with Crippen LogP contribution in [0, 0.1) is 5.92 Å². The van der Waals surface area contributed by atoms with Gasteiger partial charge >= 0.3 is 6.18 Å². The topological polar surface area (TPSA) is 69.7 Å². The number of alkyl halides is 3. The summed E-state index contributed by atoms with van der Waals surface area (Å²) in [6.45, 7) is 3.30. The molecule has 0 spiro atoms. The first-order valence-electron chi connectivity index (χ1n) is 10.3. The Morgan fingerprint density at radius 1 is 1.13 bits per heavy atom. The molecule has 3 rings (SSSR count). The number of hydrogen-bond donors (Lipinski definition) is 1. The number of carbonyl (C=O) groups excluding carboxylic acids is 1. The van der Waals surface area contributed by atoms with Gasteiger partial charge in [0.25, 0.3) is 0 Å². The summed E-state index contributed by atoms with van der Waals surface area (Å²) >= 11 is 0. The van der Waals surface area contributed by atoms with Crippen molar-refractivity contribution in [3.8, 4) is 0 Å². The predicted molar refractivity (Wildman–Crippen MR) is 106 cm³/mol. The molecule has 0 radical (unpaired) electrons. The van der Waals surface area contributed by atoms with E-state index in [1.54, 1.807) is 0 Å². The fourth-order valence-corrected chi connectivity index (χ4v) is 5.56. The molecule has 0 aromatic heterocycles. The summed E-state index contributed by atoms with van der Waals surface area (Å²) in [6.07, 6.45) is -0.211.